The fourth-order valence-corrected chi connectivity index (χ4v) is 2.92. The zero-order valence-electron chi connectivity index (χ0n) is 13.1. The Kier molecular flexibility index (Phi) is 5.11. The summed E-state index contributed by atoms with van der Waals surface area (Å²) in [5.74, 6) is 1.68. The van der Waals surface area contributed by atoms with E-state index in [1.54, 1.807) is 0 Å². The van der Waals surface area contributed by atoms with Crippen LogP contribution in [-0.2, 0) is 11.3 Å². The molecule has 0 radical (unpaired) electrons. The molecule has 2 aliphatic rings. The molecular formula is C16H25N5O. The number of pyridine rings is 1. The minimum absolute atomic E-state index is 0.604. The van der Waals surface area contributed by atoms with Crippen molar-refractivity contribution < 1.29 is 4.74 Å². The summed E-state index contributed by atoms with van der Waals surface area (Å²) < 4.78 is 5.33. The molecule has 2 saturated heterocycles. The molecule has 2 N–H and O–H groups in total. The quantitative estimate of drug-likeness (QED) is 0.672. The summed E-state index contributed by atoms with van der Waals surface area (Å²) in [6.45, 7) is 5.92. The third-order valence-corrected chi connectivity index (χ3v) is 4.25. The lowest BCUT2D eigenvalue weighted by Gasteiger charge is -2.28. The Bertz CT molecular complexity index is 507. The van der Waals surface area contributed by atoms with Crippen LogP contribution in [0.1, 0.15) is 24.8 Å². The predicted octanol–water partition coefficient (Wildman–Crippen LogP) is 1.22. The first-order valence-corrected chi connectivity index (χ1v) is 8.15. The van der Waals surface area contributed by atoms with Crippen LogP contribution in [0.5, 0.6) is 0 Å². The second-order valence-corrected chi connectivity index (χ2v) is 5.84. The Balaban J connectivity index is 1.62. The van der Waals surface area contributed by atoms with Crippen molar-refractivity contribution in [1.82, 2.24) is 9.88 Å². The van der Waals surface area contributed by atoms with E-state index in [1.165, 1.54) is 19.3 Å². The van der Waals surface area contributed by atoms with Crippen LogP contribution in [0.4, 0.5) is 5.82 Å². The number of nitrogens with zero attached hydrogens (tertiary/aromatic N) is 4. The molecule has 0 unspecified atom stereocenters. The molecule has 0 spiro atoms. The summed E-state index contributed by atoms with van der Waals surface area (Å²) in [7, 11) is 0. The molecule has 6 nitrogen and oxygen atoms in total. The molecule has 3 heterocycles. The van der Waals surface area contributed by atoms with Gasteiger partial charge in [0, 0.05) is 32.4 Å². The van der Waals surface area contributed by atoms with Gasteiger partial charge in [-0.1, -0.05) is 0 Å². The molecule has 1 aromatic heterocycles. The SMILES string of the molecule is NC(=NCc1ccnc(N2CCCCC2)c1)N1CCOCC1. The van der Waals surface area contributed by atoms with Crippen LogP contribution in [0.2, 0.25) is 0 Å². The van der Waals surface area contributed by atoms with Crippen molar-refractivity contribution in [3.8, 4) is 0 Å². The zero-order chi connectivity index (χ0) is 15.2. The Morgan fingerprint density at radius 2 is 1.95 bits per heavy atom. The van der Waals surface area contributed by atoms with Gasteiger partial charge in [-0.2, -0.15) is 0 Å². The number of rotatable bonds is 3. The molecule has 3 rings (SSSR count). The van der Waals surface area contributed by atoms with Gasteiger partial charge in [-0.3, -0.25) is 0 Å². The van der Waals surface area contributed by atoms with Crippen LogP contribution in [0.3, 0.4) is 0 Å². The summed E-state index contributed by atoms with van der Waals surface area (Å²) in [5.41, 5.74) is 7.23. The van der Waals surface area contributed by atoms with E-state index in [2.05, 4.69) is 25.8 Å². The first kappa shape index (κ1) is 15.1. The molecule has 0 atom stereocenters. The average Bonchev–Trinajstić information content (AvgIpc) is 2.61. The first-order chi connectivity index (χ1) is 10.8. The molecule has 2 aliphatic heterocycles. The van der Waals surface area contributed by atoms with Gasteiger partial charge in [-0.25, -0.2) is 9.98 Å². The Hall–Kier alpha value is -1.82. The molecule has 22 heavy (non-hydrogen) atoms. The van der Waals surface area contributed by atoms with Crippen molar-refractivity contribution in [2.24, 2.45) is 10.7 Å². The van der Waals surface area contributed by atoms with E-state index in [0.717, 1.165) is 50.8 Å². The van der Waals surface area contributed by atoms with Crippen molar-refractivity contribution in [2.75, 3.05) is 44.3 Å². The highest BCUT2D eigenvalue weighted by molar-refractivity contribution is 5.78. The van der Waals surface area contributed by atoms with Gasteiger partial charge in [0.15, 0.2) is 5.96 Å². The van der Waals surface area contributed by atoms with E-state index in [0.29, 0.717) is 12.5 Å². The summed E-state index contributed by atoms with van der Waals surface area (Å²) >= 11 is 0. The summed E-state index contributed by atoms with van der Waals surface area (Å²) in [4.78, 5) is 13.5. The van der Waals surface area contributed by atoms with Crippen molar-refractivity contribution >= 4 is 11.8 Å². The van der Waals surface area contributed by atoms with E-state index in [4.69, 9.17) is 10.5 Å². The Morgan fingerprint density at radius 3 is 2.73 bits per heavy atom. The van der Waals surface area contributed by atoms with Crippen molar-refractivity contribution in [1.29, 1.82) is 0 Å². The highest BCUT2D eigenvalue weighted by Gasteiger charge is 2.13. The zero-order valence-corrected chi connectivity index (χ0v) is 13.1. The molecule has 2 fully saturated rings. The molecule has 0 saturated carbocycles. The van der Waals surface area contributed by atoms with Crippen molar-refractivity contribution in [2.45, 2.75) is 25.8 Å². The maximum absolute atomic E-state index is 6.07. The number of hydrogen-bond donors (Lipinski definition) is 1. The maximum atomic E-state index is 6.07. The van der Waals surface area contributed by atoms with Gasteiger partial charge in [-0.05, 0) is 37.0 Å². The van der Waals surface area contributed by atoms with Crippen LogP contribution in [0, 0.1) is 0 Å². The molecular weight excluding hydrogens is 278 g/mol. The molecule has 0 aromatic carbocycles. The van der Waals surface area contributed by atoms with E-state index in [9.17, 15) is 0 Å². The second kappa shape index (κ2) is 7.45. The van der Waals surface area contributed by atoms with Crippen LogP contribution >= 0.6 is 0 Å². The van der Waals surface area contributed by atoms with Gasteiger partial charge < -0.3 is 20.3 Å². The van der Waals surface area contributed by atoms with E-state index >= 15 is 0 Å². The fraction of sp³-hybridized carbons (Fsp3) is 0.625. The number of aromatic nitrogens is 1. The summed E-state index contributed by atoms with van der Waals surface area (Å²) in [6.07, 6.45) is 5.72. The predicted molar refractivity (Wildman–Crippen MR) is 88.0 cm³/mol. The van der Waals surface area contributed by atoms with Crippen molar-refractivity contribution in [3.05, 3.63) is 23.9 Å². The van der Waals surface area contributed by atoms with Crippen LogP contribution < -0.4 is 10.6 Å². The number of hydrogen-bond acceptors (Lipinski definition) is 4. The van der Waals surface area contributed by atoms with E-state index < -0.39 is 0 Å². The van der Waals surface area contributed by atoms with Crippen LogP contribution in [0.25, 0.3) is 0 Å². The van der Waals surface area contributed by atoms with Gasteiger partial charge in [0.25, 0.3) is 0 Å². The number of ether oxygens (including phenoxy) is 1. The third-order valence-electron chi connectivity index (χ3n) is 4.25. The van der Waals surface area contributed by atoms with E-state index in [1.807, 2.05) is 12.3 Å². The van der Waals surface area contributed by atoms with Gasteiger partial charge in [0.2, 0.25) is 0 Å². The van der Waals surface area contributed by atoms with Crippen molar-refractivity contribution in [3.63, 3.8) is 0 Å². The first-order valence-electron chi connectivity index (χ1n) is 8.15. The lowest BCUT2D eigenvalue weighted by atomic mass is 10.1. The Labute approximate surface area is 132 Å². The number of anilines is 1. The number of nitrogens with two attached hydrogens (primary N) is 1. The fourth-order valence-electron chi connectivity index (χ4n) is 2.92. The lowest BCUT2D eigenvalue weighted by Crippen LogP contribution is -2.44. The van der Waals surface area contributed by atoms with Gasteiger partial charge >= 0.3 is 0 Å². The number of piperidine rings is 1. The monoisotopic (exact) mass is 303 g/mol. The minimum atomic E-state index is 0.604. The number of guanidine groups is 1. The van der Waals surface area contributed by atoms with Crippen LogP contribution in [0.15, 0.2) is 23.3 Å². The minimum Gasteiger partial charge on any atom is -0.378 e. The standard InChI is InChI=1S/C16H25N5O/c17-16(21-8-10-22-11-9-21)19-13-14-4-5-18-15(12-14)20-6-2-1-3-7-20/h4-5,12H,1-3,6-11,13H2,(H2,17,19). The molecule has 0 aliphatic carbocycles. The lowest BCUT2D eigenvalue weighted by molar-refractivity contribution is 0.0674. The largest absolute Gasteiger partial charge is 0.378 e. The Morgan fingerprint density at radius 1 is 1.18 bits per heavy atom. The average molecular weight is 303 g/mol. The maximum Gasteiger partial charge on any atom is 0.191 e. The van der Waals surface area contributed by atoms with Crippen LogP contribution in [-0.4, -0.2) is 55.2 Å². The highest BCUT2D eigenvalue weighted by atomic mass is 16.5. The number of morpholine rings is 1. The van der Waals surface area contributed by atoms with Gasteiger partial charge in [-0.15, -0.1) is 0 Å². The molecule has 120 valence electrons. The summed E-state index contributed by atoms with van der Waals surface area (Å²) in [6, 6.07) is 4.16. The topological polar surface area (TPSA) is 67.0 Å². The summed E-state index contributed by atoms with van der Waals surface area (Å²) in [5, 5.41) is 0. The number of aliphatic imine (C=N–C) groups is 1. The van der Waals surface area contributed by atoms with Gasteiger partial charge in [0.1, 0.15) is 5.82 Å². The van der Waals surface area contributed by atoms with Gasteiger partial charge in [0.05, 0.1) is 19.8 Å². The smallest absolute Gasteiger partial charge is 0.191 e. The normalized spacial score (nSPS) is 20.3. The van der Waals surface area contributed by atoms with E-state index in [-0.39, 0.29) is 0 Å². The molecule has 6 heteroatoms. The highest BCUT2D eigenvalue weighted by Crippen LogP contribution is 2.18. The third kappa shape index (κ3) is 3.88. The molecule has 0 bridgehead atoms. The molecule has 1 aromatic rings. The molecule has 0 amide bonds. The second-order valence-electron chi connectivity index (χ2n) is 5.84.